The van der Waals surface area contributed by atoms with Gasteiger partial charge in [-0.15, -0.1) is 0 Å². The van der Waals surface area contributed by atoms with Gasteiger partial charge in [0.25, 0.3) is 11.8 Å². The van der Waals surface area contributed by atoms with Gasteiger partial charge in [-0.3, -0.25) is 14.9 Å². The van der Waals surface area contributed by atoms with Gasteiger partial charge in [-0.1, -0.05) is 42.5 Å². The number of methoxy groups -OCH3 is 1. The molecule has 3 aromatic rings. The molecule has 0 aliphatic carbocycles. The molecule has 0 spiro atoms. The van der Waals surface area contributed by atoms with Crippen LogP contribution in [-0.2, 0) is 6.54 Å². The molecule has 7 heteroatoms. The van der Waals surface area contributed by atoms with Crippen LogP contribution in [0.15, 0.2) is 78.9 Å². The molecule has 31 heavy (non-hydrogen) atoms. The van der Waals surface area contributed by atoms with Crippen LogP contribution in [0.4, 0.5) is 5.69 Å². The Morgan fingerprint density at radius 1 is 0.935 bits per heavy atom. The highest BCUT2D eigenvalue weighted by Crippen LogP contribution is 2.18. The average molecular weight is 434 g/mol. The second-order valence-corrected chi connectivity index (χ2v) is 7.24. The van der Waals surface area contributed by atoms with Gasteiger partial charge in [0.2, 0.25) is 0 Å². The molecular formula is C24H23N3O3S. The summed E-state index contributed by atoms with van der Waals surface area (Å²) in [5.41, 5.74) is 2.46. The van der Waals surface area contributed by atoms with Crippen molar-refractivity contribution in [2.45, 2.75) is 6.54 Å². The zero-order valence-electron chi connectivity index (χ0n) is 17.3. The fraction of sp³-hybridized carbons (Fsp3) is 0.125. The monoisotopic (exact) mass is 433 g/mol. The highest BCUT2D eigenvalue weighted by Gasteiger charge is 2.17. The number of rotatable bonds is 6. The standard InChI is InChI=1S/C24H23N3O3S/c1-27(16-17-8-4-3-5-9-17)23(29)20-10-6-7-11-21(20)25-24(31)26-22(28)18-12-14-19(30-2)15-13-18/h3-15H,16H2,1-2H3,(H2,25,26,28,31). The lowest BCUT2D eigenvalue weighted by Crippen LogP contribution is -2.35. The average Bonchev–Trinajstić information content (AvgIpc) is 2.79. The first-order valence-electron chi connectivity index (χ1n) is 9.62. The van der Waals surface area contributed by atoms with Crippen LogP contribution in [0.3, 0.4) is 0 Å². The van der Waals surface area contributed by atoms with E-state index < -0.39 is 0 Å². The lowest BCUT2D eigenvalue weighted by atomic mass is 10.1. The van der Waals surface area contributed by atoms with Crippen molar-refractivity contribution in [1.82, 2.24) is 10.2 Å². The predicted octanol–water partition coefficient (Wildman–Crippen LogP) is 4.09. The number of hydrogen-bond donors (Lipinski definition) is 2. The van der Waals surface area contributed by atoms with Gasteiger partial charge in [0.15, 0.2) is 5.11 Å². The zero-order valence-corrected chi connectivity index (χ0v) is 18.1. The maximum absolute atomic E-state index is 13.0. The summed E-state index contributed by atoms with van der Waals surface area (Å²) in [4.78, 5) is 27.1. The molecule has 6 nitrogen and oxygen atoms in total. The van der Waals surface area contributed by atoms with E-state index in [0.29, 0.717) is 29.1 Å². The van der Waals surface area contributed by atoms with E-state index in [1.807, 2.05) is 30.3 Å². The molecule has 0 fully saturated rings. The van der Waals surface area contributed by atoms with Crippen molar-refractivity contribution in [2.75, 3.05) is 19.5 Å². The molecule has 0 atom stereocenters. The number of benzene rings is 3. The van der Waals surface area contributed by atoms with Crippen LogP contribution in [0.5, 0.6) is 5.75 Å². The van der Waals surface area contributed by atoms with Crippen molar-refractivity contribution >= 4 is 34.8 Å². The van der Waals surface area contributed by atoms with E-state index in [4.69, 9.17) is 17.0 Å². The molecule has 3 rings (SSSR count). The van der Waals surface area contributed by atoms with Crippen molar-refractivity contribution in [3.8, 4) is 5.75 Å². The first-order valence-corrected chi connectivity index (χ1v) is 10.0. The lowest BCUT2D eigenvalue weighted by Gasteiger charge is -2.20. The summed E-state index contributed by atoms with van der Waals surface area (Å²) < 4.78 is 5.10. The topological polar surface area (TPSA) is 70.7 Å². The lowest BCUT2D eigenvalue weighted by molar-refractivity contribution is 0.0786. The smallest absolute Gasteiger partial charge is 0.257 e. The molecule has 0 bridgehead atoms. The number of nitrogens with one attached hydrogen (secondary N) is 2. The minimum atomic E-state index is -0.356. The molecular weight excluding hydrogens is 410 g/mol. The Morgan fingerprint density at radius 2 is 1.58 bits per heavy atom. The van der Waals surface area contributed by atoms with Crippen molar-refractivity contribution in [3.05, 3.63) is 95.6 Å². The van der Waals surface area contributed by atoms with Crippen molar-refractivity contribution in [3.63, 3.8) is 0 Å². The number of anilines is 1. The fourth-order valence-corrected chi connectivity index (χ4v) is 3.19. The van der Waals surface area contributed by atoms with Crippen LogP contribution >= 0.6 is 12.2 Å². The van der Waals surface area contributed by atoms with Crippen LogP contribution in [0.2, 0.25) is 0 Å². The molecule has 0 saturated carbocycles. The van der Waals surface area contributed by atoms with Crippen LogP contribution in [0.1, 0.15) is 26.3 Å². The SMILES string of the molecule is COc1ccc(C(=O)NC(=S)Nc2ccccc2C(=O)N(C)Cc2ccccc2)cc1. The molecule has 0 radical (unpaired) electrons. The van der Waals surface area contributed by atoms with Gasteiger partial charge in [0.1, 0.15) is 5.75 Å². The second-order valence-electron chi connectivity index (χ2n) is 6.83. The third-order valence-electron chi connectivity index (χ3n) is 4.59. The van der Waals surface area contributed by atoms with E-state index in [0.717, 1.165) is 5.56 Å². The largest absolute Gasteiger partial charge is 0.497 e. The summed E-state index contributed by atoms with van der Waals surface area (Å²) in [6.45, 7) is 0.479. The summed E-state index contributed by atoms with van der Waals surface area (Å²) in [6, 6.07) is 23.5. The molecule has 0 aliphatic rings. The van der Waals surface area contributed by atoms with E-state index >= 15 is 0 Å². The van der Waals surface area contributed by atoms with E-state index in [1.165, 1.54) is 0 Å². The predicted molar refractivity (Wildman–Crippen MR) is 125 cm³/mol. The summed E-state index contributed by atoms with van der Waals surface area (Å²) in [6.07, 6.45) is 0. The Bertz CT molecular complexity index is 1070. The minimum absolute atomic E-state index is 0.104. The molecule has 2 N–H and O–H groups in total. The van der Waals surface area contributed by atoms with Gasteiger partial charge in [0, 0.05) is 19.2 Å². The van der Waals surface area contributed by atoms with Gasteiger partial charge in [-0.05, 0) is 54.2 Å². The Kier molecular flexibility index (Phi) is 7.35. The van der Waals surface area contributed by atoms with E-state index in [9.17, 15) is 9.59 Å². The Hall–Kier alpha value is -3.71. The van der Waals surface area contributed by atoms with Crippen LogP contribution in [0, 0.1) is 0 Å². The number of amides is 2. The van der Waals surface area contributed by atoms with Gasteiger partial charge < -0.3 is 15.0 Å². The maximum atomic E-state index is 13.0. The van der Waals surface area contributed by atoms with Crippen LogP contribution in [0.25, 0.3) is 0 Å². The number of nitrogens with zero attached hydrogens (tertiary/aromatic N) is 1. The van der Waals surface area contributed by atoms with E-state index in [-0.39, 0.29) is 16.9 Å². The quantitative estimate of drug-likeness (QED) is 0.573. The summed E-state index contributed by atoms with van der Waals surface area (Å²) in [5, 5.41) is 5.70. The van der Waals surface area contributed by atoms with E-state index in [1.54, 1.807) is 67.6 Å². The van der Waals surface area contributed by atoms with Gasteiger partial charge in [0.05, 0.1) is 18.4 Å². The molecule has 0 aromatic heterocycles. The number of thiocarbonyl (C=S) groups is 1. The van der Waals surface area contributed by atoms with Crippen molar-refractivity contribution < 1.29 is 14.3 Å². The van der Waals surface area contributed by atoms with Crippen molar-refractivity contribution in [2.24, 2.45) is 0 Å². The normalized spacial score (nSPS) is 10.1. The Morgan fingerprint density at radius 3 is 2.26 bits per heavy atom. The molecule has 3 aromatic carbocycles. The minimum Gasteiger partial charge on any atom is -0.497 e. The van der Waals surface area contributed by atoms with Crippen LogP contribution in [-0.4, -0.2) is 36.0 Å². The molecule has 2 amide bonds. The molecule has 0 saturated heterocycles. The highest BCUT2D eigenvalue weighted by atomic mass is 32.1. The molecule has 158 valence electrons. The number of ether oxygens (including phenoxy) is 1. The van der Waals surface area contributed by atoms with Gasteiger partial charge in [-0.25, -0.2) is 0 Å². The number of carbonyl (C=O) groups is 2. The highest BCUT2D eigenvalue weighted by molar-refractivity contribution is 7.80. The fourth-order valence-electron chi connectivity index (χ4n) is 2.98. The first-order chi connectivity index (χ1) is 15.0. The maximum Gasteiger partial charge on any atom is 0.257 e. The second kappa shape index (κ2) is 10.4. The van der Waals surface area contributed by atoms with Gasteiger partial charge in [-0.2, -0.15) is 0 Å². The van der Waals surface area contributed by atoms with E-state index in [2.05, 4.69) is 10.6 Å². The van der Waals surface area contributed by atoms with Gasteiger partial charge >= 0.3 is 0 Å². The summed E-state index contributed by atoms with van der Waals surface area (Å²) in [5.74, 6) is 0.144. The zero-order chi connectivity index (χ0) is 22.2. The Balaban J connectivity index is 1.67. The van der Waals surface area contributed by atoms with Crippen molar-refractivity contribution in [1.29, 1.82) is 0 Å². The number of hydrogen-bond acceptors (Lipinski definition) is 4. The molecule has 0 aliphatic heterocycles. The Labute approximate surface area is 186 Å². The summed E-state index contributed by atoms with van der Waals surface area (Å²) >= 11 is 5.29. The third-order valence-corrected chi connectivity index (χ3v) is 4.80. The van der Waals surface area contributed by atoms with Crippen LogP contribution < -0.4 is 15.4 Å². The third kappa shape index (κ3) is 5.90. The number of para-hydroxylation sites is 1. The molecule has 0 heterocycles. The number of carbonyl (C=O) groups excluding carboxylic acids is 2. The first kappa shape index (κ1) is 22.0. The summed E-state index contributed by atoms with van der Waals surface area (Å²) in [7, 11) is 3.31. The molecule has 0 unspecified atom stereocenters.